The summed E-state index contributed by atoms with van der Waals surface area (Å²) in [5.41, 5.74) is -1.15. The van der Waals surface area contributed by atoms with Crippen molar-refractivity contribution >= 4 is 11.8 Å². The molecule has 1 aliphatic heterocycles. The molecule has 0 aromatic carbocycles. The smallest absolute Gasteiger partial charge is 0.152 e. The summed E-state index contributed by atoms with van der Waals surface area (Å²) >= 11 is 0. The van der Waals surface area contributed by atoms with Crippen molar-refractivity contribution in [2.75, 3.05) is 40.1 Å². The average Bonchev–Trinajstić information content (AvgIpc) is 2.94. The molecule has 1 unspecified atom stereocenters. The molecular formula is C15H20N3O6-. The molecule has 2 heterocycles. The van der Waals surface area contributed by atoms with Crippen LogP contribution in [0.4, 0.5) is 0 Å². The van der Waals surface area contributed by atoms with E-state index >= 15 is 0 Å². The molecule has 0 radical (unpaired) electrons. The van der Waals surface area contributed by atoms with E-state index in [9.17, 15) is 15.0 Å². The van der Waals surface area contributed by atoms with E-state index in [1.165, 1.54) is 19.2 Å². The van der Waals surface area contributed by atoms with Crippen LogP contribution in [0.25, 0.3) is 0 Å². The Kier molecular flexibility index (Phi) is 5.93. The molecule has 132 valence electrons. The lowest BCUT2D eigenvalue weighted by molar-refractivity contribution is -0.312. The summed E-state index contributed by atoms with van der Waals surface area (Å²) in [5, 5.41) is 23.8. The van der Waals surface area contributed by atoms with Gasteiger partial charge in [-0.15, -0.1) is 0 Å². The van der Waals surface area contributed by atoms with Crippen molar-refractivity contribution in [3.63, 3.8) is 0 Å². The van der Waals surface area contributed by atoms with E-state index in [0.29, 0.717) is 32.2 Å². The van der Waals surface area contributed by atoms with Crippen LogP contribution < -0.4 is 15.2 Å². The molecule has 9 heteroatoms. The molecular weight excluding hydrogens is 318 g/mol. The highest BCUT2D eigenvalue weighted by atomic mass is 16.5. The van der Waals surface area contributed by atoms with Crippen LogP contribution in [0.1, 0.15) is 12.6 Å². The van der Waals surface area contributed by atoms with Gasteiger partial charge in [0.05, 0.1) is 44.1 Å². The molecule has 2 rings (SSSR count). The highest BCUT2D eigenvalue weighted by Gasteiger charge is 2.33. The average molecular weight is 338 g/mol. The van der Waals surface area contributed by atoms with Crippen LogP contribution in [0, 0.1) is 0 Å². The Bertz CT molecular complexity index is 621. The van der Waals surface area contributed by atoms with Gasteiger partial charge >= 0.3 is 0 Å². The third-order valence-electron chi connectivity index (χ3n) is 3.39. The number of methoxy groups -OCH3 is 1. The van der Waals surface area contributed by atoms with Gasteiger partial charge in [-0.25, -0.2) is 4.98 Å². The monoisotopic (exact) mass is 338 g/mol. The van der Waals surface area contributed by atoms with Crippen molar-refractivity contribution in [3.8, 4) is 11.5 Å². The largest absolute Gasteiger partial charge is 0.548 e. The van der Waals surface area contributed by atoms with Gasteiger partial charge in [-0.1, -0.05) is 0 Å². The van der Waals surface area contributed by atoms with E-state index in [2.05, 4.69) is 15.3 Å². The third-order valence-corrected chi connectivity index (χ3v) is 3.39. The number of pyridine rings is 1. The Hall–Kier alpha value is -2.39. The number of amidine groups is 1. The fraction of sp³-hybridized carbons (Fsp3) is 0.533. The van der Waals surface area contributed by atoms with Gasteiger partial charge in [-0.05, 0) is 6.92 Å². The first-order chi connectivity index (χ1) is 11.5. The molecule has 0 amide bonds. The van der Waals surface area contributed by atoms with Crippen LogP contribution >= 0.6 is 0 Å². The lowest BCUT2D eigenvalue weighted by Crippen LogP contribution is -2.56. The number of aliphatic carboxylic acids is 1. The molecule has 2 N–H and O–H groups in total. The molecule has 0 saturated carbocycles. The molecule has 0 aliphatic carbocycles. The molecule has 9 nitrogen and oxygen atoms in total. The van der Waals surface area contributed by atoms with Gasteiger partial charge in [0.15, 0.2) is 5.84 Å². The van der Waals surface area contributed by atoms with Gasteiger partial charge in [-0.3, -0.25) is 4.99 Å². The van der Waals surface area contributed by atoms with Crippen molar-refractivity contribution in [1.29, 1.82) is 0 Å². The molecule has 1 aromatic heterocycles. The lowest BCUT2D eigenvalue weighted by atomic mass is 10.1. The zero-order valence-electron chi connectivity index (χ0n) is 13.6. The molecule has 0 fully saturated rings. The molecule has 0 spiro atoms. The first kappa shape index (κ1) is 18.0. The zero-order valence-corrected chi connectivity index (χ0v) is 13.6. The first-order valence-corrected chi connectivity index (χ1v) is 7.39. The van der Waals surface area contributed by atoms with Gasteiger partial charge in [-0.2, -0.15) is 0 Å². The maximum absolute atomic E-state index is 11.1. The summed E-state index contributed by atoms with van der Waals surface area (Å²) in [5.74, 6) is -0.864. The fourth-order valence-corrected chi connectivity index (χ4v) is 1.99. The second-order valence-electron chi connectivity index (χ2n) is 5.40. The van der Waals surface area contributed by atoms with Crippen molar-refractivity contribution in [1.82, 2.24) is 10.3 Å². The molecule has 0 saturated heterocycles. The van der Waals surface area contributed by atoms with E-state index < -0.39 is 11.5 Å². The number of hydrogen-bond donors (Lipinski definition) is 2. The number of carbonyl (C=O) groups excluding carboxylic acids is 1. The predicted octanol–water partition coefficient (Wildman–Crippen LogP) is -1.31. The van der Waals surface area contributed by atoms with E-state index in [4.69, 9.17) is 14.2 Å². The highest BCUT2D eigenvalue weighted by Crippen LogP contribution is 2.24. The quantitative estimate of drug-likeness (QED) is 0.532. The van der Waals surface area contributed by atoms with Gasteiger partial charge in [0.25, 0.3) is 0 Å². The Morgan fingerprint density at radius 2 is 2.17 bits per heavy atom. The standard InChI is InChI=1S/C15H21N3O6/c1-15(14(20)21)9-17-13(18-15)12-11(19)7-10(8-16-12)24-6-5-23-4-3-22-2/h7-8,19H,3-6,9H2,1-2H3,(H,17,18)(H,20,21)/p-1. The fourth-order valence-electron chi connectivity index (χ4n) is 1.99. The Balaban J connectivity index is 1.90. The van der Waals surface area contributed by atoms with E-state index in [0.717, 1.165) is 0 Å². The number of carboxylic acid groups (broad SMARTS) is 1. The number of hydrogen-bond acceptors (Lipinski definition) is 9. The summed E-state index contributed by atoms with van der Waals surface area (Å²) in [6.07, 6.45) is 1.42. The van der Waals surface area contributed by atoms with Crippen LogP contribution in [0.5, 0.6) is 11.5 Å². The van der Waals surface area contributed by atoms with Crippen molar-refractivity contribution in [3.05, 3.63) is 18.0 Å². The SMILES string of the molecule is COCCOCCOc1cnc(C2=NCC(C)(C(=O)[O-])N2)c(O)c1. The zero-order chi connectivity index (χ0) is 17.6. The van der Waals surface area contributed by atoms with Gasteiger partial charge in [0.1, 0.15) is 23.8 Å². The Morgan fingerprint density at radius 3 is 2.79 bits per heavy atom. The van der Waals surface area contributed by atoms with Crippen LogP contribution in [0.15, 0.2) is 17.3 Å². The summed E-state index contributed by atoms with van der Waals surface area (Å²) in [4.78, 5) is 19.2. The number of ether oxygens (including phenoxy) is 3. The molecule has 24 heavy (non-hydrogen) atoms. The summed E-state index contributed by atoms with van der Waals surface area (Å²) in [6.45, 7) is 3.12. The number of aromatic hydroxyl groups is 1. The minimum absolute atomic E-state index is 0.00283. The summed E-state index contributed by atoms with van der Waals surface area (Å²) in [7, 11) is 1.59. The van der Waals surface area contributed by atoms with Crippen molar-refractivity contribution in [2.24, 2.45) is 4.99 Å². The number of carboxylic acids is 1. The van der Waals surface area contributed by atoms with Crippen LogP contribution in [0.3, 0.4) is 0 Å². The minimum Gasteiger partial charge on any atom is -0.548 e. The lowest BCUT2D eigenvalue weighted by Gasteiger charge is -2.25. The van der Waals surface area contributed by atoms with E-state index in [-0.39, 0.29) is 23.8 Å². The Labute approximate surface area is 139 Å². The number of carbonyl (C=O) groups is 1. The third kappa shape index (κ3) is 4.33. The topological polar surface area (TPSA) is 125 Å². The second kappa shape index (κ2) is 7.93. The highest BCUT2D eigenvalue weighted by molar-refractivity contribution is 6.03. The maximum atomic E-state index is 11.1. The Morgan fingerprint density at radius 1 is 1.42 bits per heavy atom. The van der Waals surface area contributed by atoms with Crippen molar-refractivity contribution < 1.29 is 29.2 Å². The van der Waals surface area contributed by atoms with Crippen molar-refractivity contribution in [2.45, 2.75) is 12.5 Å². The van der Waals surface area contributed by atoms with Crippen LogP contribution in [0.2, 0.25) is 0 Å². The normalized spacial score (nSPS) is 19.7. The number of nitrogens with one attached hydrogen (secondary N) is 1. The van der Waals surface area contributed by atoms with E-state index in [1.807, 2.05) is 0 Å². The molecule has 1 aliphatic rings. The minimum atomic E-state index is -1.31. The number of nitrogens with zero attached hydrogens (tertiary/aromatic N) is 2. The summed E-state index contributed by atoms with van der Waals surface area (Å²) in [6, 6.07) is 1.39. The molecule has 0 bridgehead atoms. The van der Waals surface area contributed by atoms with Gasteiger partial charge in [0.2, 0.25) is 0 Å². The van der Waals surface area contributed by atoms with Crippen LogP contribution in [-0.4, -0.2) is 67.5 Å². The number of rotatable bonds is 9. The predicted molar refractivity (Wildman–Crippen MR) is 82.0 cm³/mol. The first-order valence-electron chi connectivity index (χ1n) is 7.39. The molecule has 1 aromatic rings. The van der Waals surface area contributed by atoms with Gasteiger partial charge < -0.3 is 34.5 Å². The summed E-state index contributed by atoms with van der Waals surface area (Å²) < 4.78 is 15.5. The second-order valence-corrected chi connectivity index (χ2v) is 5.40. The number of aromatic nitrogens is 1. The van der Waals surface area contributed by atoms with Gasteiger partial charge in [0, 0.05) is 13.2 Å². The number of aliphatic imine (C=N–C) groups is 1. The molecule has 1 atom stereocenters. The van der Waals surface area contributed by atoms with Crippen LogP contribution in [-0.2, 0) is 14.3 Å². The van der Waals surface area contributed by atoms with E-state index in [1.54, 1.807) is 7.11 Å². The maximum Gasteiger partial charge on any atom is 0.152 e.